The molecule has 0 radical (unpaired) electrons. The molecule has 128 valence electrons. The smallest absolute Gasteiger partial charge is 0.0702 e. The van der Waals surface area contributed by atoms with Crippen molar-refractivity contribution in [1.29, 1.82) is 0 Å². The molecule has 0 unspecified atom stereocenters. The van der Waals surface area contributed by atoms with Gasteiger partial charge >= 0.3 is 0 Å². The molecule has 5 aromatic rings. The van der Waals surface area contributed by atoms with E-state index in [9.17, 15) is 0 Å². The SMILES string of the molecule is Nc1cc(-c2cnc3ccccc3c2)cc(-c2cnc3ccccc3c2)c1. The number of hydrogen-bond acceptors (Lipinski definition) is 3. The molecule has 0 atom stereocenters. The van der Waals surface area contributed by atoms with Gasteiger partial charge in [-0.3, -0.25) is 9.97 Å². The van der Waals surface area contributed by atoms with Gasteiger partial charge in [-0.25, -0.2) is 0 Å². The van der Waals surface area contributed by atoms with Gasteiger partial charge in [0.1, 0.15) is 0 Å². The van der Waals surface area contributed by atoms with Gasteiger partial charge in [0.2, 0.25) is 0 Å². The van der Waals surface area contributed by atoms with Gasteiger partial charge in [-0.1, -0.05) is 36.4 Å². The van der Waals surface area contributed by atoms with Crippen LogP contribution in [0.15, 0.2) is 91.3 Å². The van der Waals surface area contributed by atoms with E-state index in [0.29, 0.717) is 0 Å². The average Bonchev–Trinajstić information content (AvgIpc) is 2.72. The third kappa shape index (κ3) is 2.89. The molecule has 0 amide bonds. The number of fused-ring (bicyclic) bond motifs is 2. The van der Waals surface area contributed by atoms with Gasteiger partial charge in [-0.15, -0.1) is 0 Å². The first-order valence-electron chi connectivity index (χ1n) is 8.87. The fraction of sp³-hybridized carbons (Fsp3) is 0. The fourth-order valence-corrected chi connectivity index (χ4v) is 3.44. The van der Waals surface area contributed by atoms with Crippen molar-refractivity contribution >= 4 is 27.5 Å². The maximum absolute atomic E-state index is 6.22. The van der Waals surface area contributed by atoms with Crippen molar-refractivity contribution in [2.75, 3.05) is 5.73 Å². The molecule has 0 aliphatic heterocycles. The summed E-state index contributed by atoms with van der Waals surface area (Å²) in [5, 5.41) is 2.23. The van der Waals surface area contributed by atoms with Crippen LogP contribution in [-0.2, 0) is 0 Å². The molecule has 0 saturated carbocycles. The first-order chi connectivity index (χ1) is 13.3. The lowest BCUT2D eigenvalue weighted by atomic mass is 9.98. The normalized spacial score (nSPS) is 11.1. The summed E-state index contributed by atoms with van der Waals surface area (Å²) in [6.07, 6.45) is 3.80. The van der Waals surface area contributed by atoms with Crippen LogP contribution in [0.1, 0.15) is 0 Å². The molecule has 3 nitrogen and oxygen atoms in total. The molecule has 0 aliphatic carbocycles. The zero-order valence-corrected chi connectivity index (χ0v) is 14.6. The second-order valence-corrected chi connectivity index (χ2v) is 6.68. The van der Waals surface area contributed by atoms with E-state index in [-0.39, 0.29) is 0 Å². The Hall–Kier alpha value is -3.72. The van der Waals surface area contributed by atoms with Crippen LogP contribution in [0.5, 0.6) is 0 Å². The van der Waals surface area contributed by atoms with Gasteiger partial charge in [0, 0.05) is 40.0 Å². The van der Waals surface area contributed by atoms with Gasteiger partial charge in [0.15, 0.2) is 0 Å². The Bertz CT molecular complexity index is 1190. The molecule has 2 aromatic heterocycles. The minimum Gasteiger partial charge on any atom is -0.399 e. The molecule has 0 bridgehead atoms. The molecule has 3 aromatic carbocycles. The molecular formula is C24H17N3. The van der Waals surface area contributed by atoms with Crippen LogP contribution in [0, 0.1) is 0 Å². The number of rotatable bonds is 2. The molecule has 2 heterocycles. The highest BCUT2D eigenvalue weighted by Crippen LogP contribution is 2.31. The van der Waals surface area contributed by atoms with Crippen LogP contribution in [0.2, 0.25) is 0 Å². The summed E-state index contributed by atoms with van der Waals surface area (Å²) in [5.74, 6) is 0. The second kappa shape index (κ2) is 6.22. The first kappa shape index (κ1) is 15.5. The minimum absolute atomic E-state index is 0.726. The molecule has 5 rings (SSSR count). The predicted octanol–water partition coefficient (Wildman–Crippen LogP) is 5.70. The number of para-hydroxylation sites is 2. The summed E-state index contributed by atoms with van der Waals surface area (Å²) < 4.78 is 0. The monoisotopic (exact) mass is 347 g/mol. The third-order valence-electron chi connectivity index (χ3n) is 4.80. The lowest BCUT2D eigenvalue weighted by molar-refractivity contribution is 1.40. The van der Waals surface area contributed by atoms with Crippen LogP contribution in [-0.4, -0.2) is 9.97 Å². The van der Waals surface area contributed by atoms with Crippen LogP contribution < -0.4 is 5.73 Å². The highest BCUT2D eigenvalue weighted by atomic mass is 14.7. The summed E-state index contributed by atoms with van der Waals surface area (Å²) in [7, 11) is 0. The molecule has 0 saturated heterocycles. The first-order valence-corrected chi connectivity index (χ1v) is 8.87. The van der Waals surface area contributed by atoms with E-state index in [4.69, 9.17) is 5.73 Å². The van der Waals surface area contributed by atoms with E-state index >= 15 is 0 Å². The van der Waals surface area contributed by atoms with Crippen molar-refractivity contribution < 1.29 is 0 Å². The van der Waals surface area contributed by atoms with Gasteiger partial charge < -0.3 is 5.73 Å². The van der Waals surface area contributed by atoms with Crippen molar-refractivity contribution in [3.8, 4) is 22.3 Å². The van der Waals surface area contributed by atoms with Crippen LogP contribution in [0.25, 0.3) is 44.1 Å². The van der Waals surface area contributed by atoms with E-state index in [1.807, 2.05) is 60.9 Å². The molecule has 3 heteroatoms. The number of nitrogens with two attached hydrogens (primary N) is 1. The van der Waals surface area contributed by atoms with E-state index < -0.39 is 0 Å². The Labute approximate surface area is 157 Å². The van der Waals surface area contributed by atoms with Crippen molar-refractivity contribution in [2.45, 2.75) is 0 Å². The van der Waals surface area contributed by atoms with E-state index in [1.54, 1.807) is 0 Å². The van der Waals surface area contributed by atoms with Gasteiger partial charge in [-0.05, 0) is 53.6 Å². The summed E-state index contributed by atoms with van der Waals surface area (Å²) in [6.45, 7) is 0. The summed E-state index contributed by atoms with van der Waals surface area (Å²) in [5.41, 5.74) is 13.1. The van der Waals surface area contributed by atoms with Gasteiger partial charge in [-0.2, -0.15) is 0 Å². The topological polar surface area (TPSA) is 51.8 Å². The zero-order valence-electron chi connectivity index (χ0n) is 14.6. The van der Waals surface area contributed by atoms with Crippen molar-refractivity contribution in [3.05, 3.63) is 91.3 Å². The van der Waals surface area contributed by atoms with Crippen molar-refractivity contribution in [1.82, 2.24) is 9.97 Å². The largest absolute Gasteiger partial charge is 0.399 e. The number of pyridine rings is 2. The number of hydrogen-bond donors (Lipinski definition) is 1. The van der Waals surface area contributed by atoms with Crippen molar-refractivity contribution in [2.24, 2.45) is 0 Å². The Kier molecular flexibility index (Phi) is 3.58. The molecule has 0 aliphatic rings. The second-order valence-electron chi connectivity index (χ2n) is 6.68. The third-order valence-corrected chi connectivity index (χ3v) is 4.80. The number of anilines is 1. The summed E-state index contributed by atoms with van der Waals surface area (Å²) in [6, 6.07) is 26.7. The standard InChI is InChI=1S/C24H17N3/c25-22-12-18(20-9-16-5-1-3-7-23(16)26-14-20)11-19(13-22)21-10-17-6-2-4-8-24(17)27-15-21/h1-15H,25H2. The number of nitrogens with zero attached hydrogens (tertiary/aromatic N) is 2. The molecule has 27 heavy (non-hydrogen) atoms. The van der Waals surface area contributed by atoms with Crippen LogP contribution >= 0.6 is 0 Å². The van der Waals surface area contributed by atoms with Crippen molar-refractivity contribution in [3.63, 3.8) is 0 Å². The van der Waals surface area contributed by atoms with Gasteiger partial charge in [0.25, 0.3) is 0 Å². The van der Waals surface area contributed by atoms with E-state index in [0.717, 1.165) is 49.7 Å². The maximum Gasteiger partial charge on any atom is 0.0702 e. The predicted molar refractivity (Wildman–Crippen MR) is 112 cm³/mol. The molecule has 0 fully saturated rings. The molecule has 2 N–H and O–H groups in total. The minimum atomic E-state index is 0.726. The highest BCUT2D eigenvalue weighted by Gasteiger charge is 2.07. The summed E-state index contributed by atoms with van der Waals surface area (Å²) >= 11 is 0. The fourth-order valence-electron chi connectivity index (χ4n) is 3.44. The number of nitrogen functional groups attached to an aromatic ring is 1. The van der Waals surface area contributed by atoms with E-state index in [2.05, 4.69) is 40.3 Å². The van der Waals surface area contributed by atoms with Gasteiger partial charge in [0.05, 0.1) is 11.0 Å². The maximum atomic E-state index is 6.22. The molecule has 0 spiro atoms. The number of aromatic nitrogens is 2. The van der Waals surface area contributed by atoms with Crippen LogP contribution in [0.3, 0.4) is 0 Å². The Morgan fingerprint density at radius 3 is 1.52 bits per heavy atom. The Balaban J connectivity index is 1.64. The average molecular weight is 347 g/mol. The highest BCUT2D eigenvalue weighted by molar-refractivity contribution is 5.87. The Morgan fingerprint density at radius 1 is 0.519 bits per heavy atom. The van der Waals surface area contributed by atoms with Crippen LogP contribution in [0.4, 0.5) is 5.69 Å². The van der Waals surface area contributed by atoms with E-state index in [1.165, 1.54) is 0 Å². The lowest BCUT2D eigenvalue weighted by Gasteiger charge is -2.09. The lowest BCUT2D eigenvalue weighted by Crippen LogP contribution is -1.90. The number of benzene rings is 3. The summed E-state index contributed by atoms with van der Waals surface area (Å²) in [4.78, 5) is 9.15. The zero-order chi connectivity index (χ0) is 18.2. The molecular weight excluding hydrogens is 330 g/mol. The quantitative estimate of drug-likeness (QED) is 0.417. The Morgan fingerprint density at radius 2 is 1.00 bits per heavy atom.